The molecule has 0 radical (unpaired) electrons. The second-order valence-corrected chi connectivity index (χ2v) is 6.95. The highest BCUT2D eigenvalue weighted by Gasteiger charge is 2.24. The van der Waals surface area contributed by atoms with Gasteiger partial charge in [0.25, 0.3) is 5.91 Å². The molecule has 0 saturated carbocycles. The highest BCUT2D eigenvalue weighted by Crippen LogP contribution is 2.20. The van der Waals surface area contributed by atoms with Gasteiger partial charge in [-0.3, -0.25) is 14.7 Å². The first kappa shape index (κ1) is 17.7. The molecule has 1 amide bonds. The van der Waals surface area contributed by atoms with Gasteiger partial charge in [0.2, 0.25) is 0 Å². The molecular weight excluding hydrogens is 364 g/mol. The number of benzene rings is 1. The number of hydrogen-bond acceptors (Lipinski definition) is 5. The third kappa shape index (κ3) is 4.18. The summed E-state index contributed by atoms with van der Waals surface area (Å²) in [6.45, 7) is 3.83. The van der Waals surface area contributed by atoms with E-state index >= 15 is 0 Å². The number of carbonyl (C=O) groups is 1. The first-order chi connectivity index (χ1) is 13.2. The van der Waals surface area contributed by atoms with Gasteiger partial charge in [0, 0.05) is 61.8 Å². The molecule has 0 atom stereocenters. The first-order valence-corrected chi connectivity index (χ1v) is 9.20. The van der Waals surface area contributed by atoms with Crippen LogP contribution in [0.25, 0.3) is 11.3 Å². The fraction of sp³-hybridized carbons (Fsp3) is 0.250. The Morgan fingerprint density at radius 2 is 1.89 bits per heavy atom. The zero-order valence-corrected chi connectivity index (χ0v) is 15.5. The number of aromatic nitrogens is 2. The molecule has 1 fully saturated rings. The SMILES string of the molecule is O=C(c1cc(-c2cccnc2)on1)N1CCN(Cc2ccc(Cl)cc2)CC1. The lowest BCUT2D eigenvalue weighted by Crippen LogP contribution is -2.48. The van der Waals surface area contributed by atoms with Gasteiger partial charge in [0.15, 0.2) is 11.5 Å². The molecule has 1 aliphatic rings. The fourth-order valence-electron chi connectivity index (χ4n) is 3.14. The van der Waals surface area contributed by atoms with Crippen LogP contribution in [0.2, 0.25) is 5.02 Å². The van der Waals surface area contributed by atoms with Crippen LogP contribution in [0.15, 0.2) is 59.4 Å². The number of amides is 1. The minimum Gasteiger partial charge on any atom is -0.355 e. The Morgan fingerprint density at radius 3 is 2.59 bits per heavy atom. The number of pyridine rings is 1. The number of rotatable bonds is 4. The van der Waals surface area contributed by atoms with Crippen LogP contribution < -0.4 is 0 Å². The van der Waals surface area contributed by atoms with Gasteiger partial charge < -0.3 is 9.42 Å². The van der Waals surface area contributed by atoms with Crippen molar-refractivity contribution in [3.63, 3.8) is 0 Å². The van der Waals surface area contributed by atoms with E-state index < -0.39 is 0 Å². The van der Waals surface area contributed by atoms with Crippen molar-refractivity contribution in [2.24, 2.45) is 0 Å². The second kappa shape index (κ2) is 7.90. The van der Waals surface area contributed by atoms with Crippen molar-refractivity contribution in [1.82, 2.24) is 19.9 Å². The summed E-state index contributed by atoms with van der Waals surface area (Å²) in [6.07, 6.45) is 3.37. The predicted molar refractivity (Wildman–Crippen MR) is 102 cm³/mol. The summed E-state index contributed by atoms with van der Waals surface area (Å²) in [5.41, 5.74) is 2.36. The third-order valence-corrected chi connectivity index (χ3v) is 4.91. The zero-order chi connectivity index (χ0) is 18.6. The smallest absolute Gasteiger partial charge is 0.276 e. The van der Waals surface area contributed by atoms with E-state index in [4.69, 9.17) is 16.1 Å². The van der Waals surface area contributed by atoms with E-state index in [9.17, 15) is 4.79 Å². The molecule has 3 aromatic rings. The van der Waals surface area contributed by atoms with Crippen molar-refractivity contribution in [3.05, 3.63) is 71.1 Å². The van der Waals surface area contributed by atoms with E-state index in [1.165, 1.54) is 5.56 Å². The molecule has 0 aliphatic carbocycles. The van der Waals surface area contributed by atoms with Crippen molar-refractivity contribution in [2.45, 2.75) is 6.54 Å². The minimum absolute atomic E-state index is 0.0972. The fourth-order valence-corrected chi connectivity index (χ4v) is 3.27. The molecule has 0 bridgehead atoms. The highest BCUT2D eigenvalue weighted by atomic mass is 35.5. The summed E-state index contributed by atoms with van der Waals surface area (Å²) in [5.74, 6) is 0.452. The van der Waals surface area contributed by atoms with Crippen molar-refractivity contribution in [1.29, 1.82) is 0 Å². The van der Waals surface area contributed by atoms with Crippen LogP contribution >= 0.6 is 11.6 Å². The van der Waals surface area contributed by atoms with E-state index in [1.54, 1.807) is 18.5 Å². The molecule has 0 N–H and O–H groups in total. The maximum Gasteiger partial charge on any atom is 0.276 e. The summed E-state index contributed by atoms with van der Waals surface area (Å²) >= 11 is 5.93. The molecule has 1 saturated heterocycles. The average Bonchev–Trinajstić information content (AvgIpc) is 3.21. The van der Waals surface area contributed by atoms with Crippen LogP contribution in [0.1, 0.15) is 16.1 Å². The van der Waals surface area contributed by atoms with Gasteiger partial charge >= 0.3 is 0 Å². The molecule has 4 rings (SSSR count). The van der Waals surface area contributed by atoms with Crippen LogP contribution in [0.4, 0.5) is 0 Å². The van der Waals surface area contributed by atoms with Gasteiger partial charge in [-0.1, -0.05) is 28.9 Å². The standard InChI is InChI=1S/C20H19ClN4O2/c21-17-5-3-15(4-6-17)14-24-8-10-25(11-9-24)20(26)18-12-19(27-23-18)16-2-1-7-22-13-16/h1-7,12-13H,8-11,14H2. The van der Waals surface area contributed by atoms with Crippen LogP contribution in [-0.2, 0) is 6.54 Å². The molecule has 7 heteroatoms. The Bertz CT molecular complexity index is 903. The van der Waals surface area contributed by atoms with E-state index in [0.29, 0.717) is 24.5 Å². The lowest BCUT2D eigenvalue weighted by atomic mass is 10.2. The van der Waals surface area contributed by atoms with Gasteiger partial charge in [-0.25, -0.2) is 0 Å². The average molecular weight is 383 g/mol. The third-order valence-electron chi connectivity index (χ3n) is 4.65. The highest BCUT2D eigenvalue weighted by molar-refractivity contribution is 6.30. The Labute approximate surface area is 162 Å². The van der Waals surface area contributed by atoms with Gasteiger partial charge in [-0.15, -0.1) is 0 Å². The van der Waals surface area contributed by atoms with Crippen LogP contribution in [-0.4, -0.2) is 52.0 Å². The van der Waals surface area contributed by atoms with E-state index in [1.807, 2.05) is 41.3 Å². The summed E-state index contributed by atoms with van der Waals surface area (Å²) in [6, 6.07) is 13.3. The van der Waals surface area contributed by atoms with Crippen molar-refractivity contribution >= 4 is 17.5 Å². The molecule has 1 aromatic carbocycles. The molecule has 138 valence electrons. The minimum atomic E-state index is -0.0972. The summed E-state index contributed by atoms with van der Waals surface area (Å²) in [7, 11) is 0. The van der Waals surface area contributed by atoms with Gasteiger partial charge in [0.05, 0.1) is 0 Å². The van der Waals surface area contributed by atoms with E-state index in [2.05, 4.69) is 15.0 Å². The van der Waals surface area contributed by atoms with Crippen molar-refractivity contribution < 1.29 is 9.32 Å². The number of halogens is 1. The largest absolute Gasteiger partial charge is 0.355 e. The molecule has 0 unspecified atom stereocenters. The maximum absolute atomic E-state index is 12.7. The van der Waals surface area contributed by atoms with Gasteiger partial charge in [0.1, 0.15) is 0 Å². The Morgan fingerprint density at radius 1 is 1.11 bits per heavy atom. The molecule has 27 heavy (non-hydrogen) atoms. The topological polar surface area (TPSA) is 62.5 Å². The summed E-state index contributed by atoms with van der Waals surface area (Å²) in [5, 5.41) is 4.69. The summed E-state index contributed by atoms with van der Waals surface area (Å²) < 4.78 is 5.31. The molecule has 3 heterocycles. The summed E-state index contributed by atoms with van der Waals surface area (Å²) in [4.78, 5) is 20.9. The van der Waals surface area contributed by atoms with E-state index in [0.717, 1.165) is 30.2 Å². The normalized spacial score (nSPS) is 15.1. The van der Waals surface area contributed by atoms with Crippen LogP contribution in [0.5, 0.6) is 0 Å². The predicted octanol–water partition coefficient (Wildman–Crippen LogP) is 3.35. The molecule has 0 spiro atoms. The van der Waals surface area contributed by atoms with Crippen molar-refractivity contribution in [3.8, 4) is 11.3 Å². The lowest BCUT2D eigenvalue weighted by Gasteiger charge is -2.34. The van der Waals surface area contributed by atoms with E-state index in [-0.39, 0.29) is 5.91 Å². The molecule has 1 aliphatic heterocycles. The maximum atomic E-state index is 12.7. The molecule has 6 nitrogen and oxygen atoms in total. The number of hydrogen-bond donors (Lipinski definition) is 0. The number of piperazine rings is 1. The molecular formula is C20H19ClN4O2. The Hall–Kier alpha value is -2.70. The Kier molecular flexibility index (Phi) is 5.18. The second-order valence-electron chi connectivity index (χ2n) is 6.51. The number of carbonyl (C=O) groups excluding carboxylic acids is 1. The quantitative estimate of drug-likeness (QED) is 0.692. The van der Waals surface area contributed by atoms with Crippen LogP contribution in [0, 0.1) is 0 Å². The lowest BCUT2D eigenvalue weighted by molar-refractivity contribution is 0.0618. The zero-order valence-electron chi connectivity index (χ0n) is 14.7. The monoisotopic (exact) mass is 382 g/mol. The van der Waals surface area contributed by atoms with Crippen molar-refractivity contribution in [2.75, 3.05) is 26.2 Å². The molecule has 2 aromatic heterocycles. The van der Waals surface area contributed by atoms with Crippen LogP contribution in [0.3, 0.4) is 0 Å². The number of nitrogens with zero attached hydrogens (tertiary/aromatic N) is 4. The van der Waals surface area contributed by atoms with Gasteiger partial charge in [-0.05, 0) is 29.8 Å². The Balaban J connectivity index is 1.35. The van der Waals surface area contributed by atoms with Gasteiger partial charge in [-0.2, -0.15) is 0 Å². The first-order valence-electron chi connectivity index (χ1n) is 8.82.